The predicted molar refractivity (Wildman–Crippen MR) is 131 cm³/mol. The van der Waals surface area contributed by atoms with Crippen LogP contribution < -0.4 is 9.64 Å². The molecule has 7 rings (SSSR count). The molecule has 5 aromatic carbocycles. The Bertz CT molecular complexity index is 1620. The largest absolute Gasteiger partial charge is 0.453 e. The van der Waals surface area contributed by atoms with Crippen LogP contribution in [0.5, 0.6) is 11.5 Å². The minimum atomic E-state index is 0.815. The number of para-hydroxylation sites is 6. The van der Waals surface area contributed by atoms with Crippen LogP contribution in [-0.2, 0) is 0 Å². The van der Waals surface area contributed by atoms with Crippen LogP contribution in [0, 0.1) is 0 Å². The van der Waals surface area contributed by atoms with E-state index < -0.39 is 0 Å². The topological polar surface area (TPSA) is 43.2 Å². The summed E-state index contributed by atoms with van der Waals surface area (Å²) in [5.74, 6) is 1.63. The van der Waals surface area contributed by atoms with Crippen molar-refractivity contribution in [2.75, 3.05) is 4.90 Å². The normalized spacial score (nSPS) is 12.4. The SMILES string of the molecule is c1ccc2c(c1)Oc1ccccc1N2c1ccccc1-n1nc2ccc3ccccc3c2n1. The van der Waals surface area contributed by atoms with Gasteiger partial charge in [0.05, 0.1) is 17.1 Å². The molecule has 5 heteroatoms. The molecule has 1 aliphatic heterocycles. The van der Waals surface area contributed by atoms with E-state index in [0.29, 0.717) is 0 Å². The van der Waals surface area contributed by atoms with E-state index in [0.717, 1.165) is 56.1 Å². The zero-order valence-corrected chi connectivity index (χ0v) is 17.6. The van der Waals surface area contributed by atoms with Crippen LogP contribution in [0.25, 0.3) is 27.5 Å². The molecule has 1 aromatic heterocycles. The molecule has 0 saturated heterocycles. The summed E-state index contributed by atoms with van der Waals surface area (Å²) in [5, 5.41) is 12.0. The van der Waals surface area contributed by atoms with Crippen molar-refractivity contribution in [2.24, 2.45) is 0 Å². The molecule has 33 heavy (non-hydrogen) atoms. The molecule has 0 amide bonds. The number of hydrogen-bond acceptors (Lipinski definition) is 4. The lowest BCUT2D eigenvalue weighted by Gasteiger charge is -2.33. The van der Waals surface area contributed by atoms with Gasteiger partial charge in [0, 0.05) is 5.39 Å². The maximum absolute atomic E-state index is 6.19. The fraction of sp³-hybridized carbons (Fsp3) is 0. The van der Waals surface area contributed by atoms with E-state index in [9.17, 15) is 0 Å². The first kappa shape index (κ1) is 18.0. The number of ether oxygens (including phenoxy) is 1. The molecule has 1 aliphatic rings. The fourth-order valence-electron chi connectivity index (χ4n) is 4.54. The summed E-state index contributed by atoms with van der Waals surface area (Å²) in [4.78, 5) is 3.96. The van der Waals surface area contributed by atoms with Gasteiger partial charge in [-0.25, -0.2) is 0 Å². The van der Waals surface area contributed by atoms with E-state index in [2.05, 4.69) is 47.4 Å². The van der Waals surface area contributed by atoms with Crippen LogP contribution in [0.2, 0.25) is 0 Å². The Labute approximate surface area is 190 Å². The average Bonchev–Trinajstić information content (AvgIpc) is 3.32. The lowest BCUT2D eigenvalue weighted by atomic mass is 10.1. The van der Waals surface area contributed by atoms with Crippen LogP contribution in [0.3, 0.4) is 0 Å². The molecule has 0 bridgehead atoms. The molecule has 2 heterocycles. The zero-order chi connectivity index (χ0) is 21.8. The molecule has 0 saturated carbocycles. The van der Waals surface area contributed by atoms with E-state index >= 15 is 0 Å². The Hall–Kier alpha value is -4.64. The molecular weight excluding hydrogens is 408 g/mol. The summed E-state index contributed by atoms with van der Waals surface area (Å²) in [7, 11) is 0. The Kier molecular flexibility index (Phi) is 3.78. The third-order valence-electron chi connectivity index (χ3n) is 6.05. The van der Waals surface area contributed by atoms with E-state index in [1.165, 1.54) is 0 Å². The summed E-state index contributed by atoms with van der Waals surface area (Å²) in [6.45, 7) is 0. The van der Waals surface area contributed by atoms with Crippen molar-refractivity contribution in [3.63, 3.8) is 0 Å². The Morgan fingerprint density at radius 2 is 1.12 bits per heavy atom. The molecule has 0 fully saturated rings. The summed E-state index contributed by atoms with van der Waals surface area (Å²) < 4.78 is 6.19. The van der Waals surface area contributed by atoms with Gasteiger partial charge in [0.15, 0.2) is 11.5 Å². The van der Waals surface area contributed by atoms with Crippen molar-refractivity contribution in [1.29, 1.82) is 0 Å². The highest BCUT2D eigenvalue weighted by molar-refractivity contribution is 6.03. The quantitative estimate of drug-likeness (QED) is 0.294. The summed E-state index contributed by atoms with van der Waals surface area (Å²) in [6, 6.07) is 36.8. The van der Waals surface area contributed by atoms with Crippen LogP contribution in [-0.4, -0.2) is 15.0 Å². The van der Waals surface area contributed by atoms with Crippen LogP contribution in [0.15, 0.2) is 109 Å². The molecular formula is C28H18N4O. The smallest absolute Gasteiger partial charge is 0.151 e. The first-order chi connectivity index (χ1) is 16.4. The lowest BCUT2D eigenvalue weighted by molar-refractivity contribution is 0.477. The Morgan fingerprint density at radius 1 is 0.515 bits per heavy atom. The monoisotopic (exact) mass is 426 g/mol. The van der Waals surface area contributed by atoms with Crippen molar-refractivity contribution in [3.05, 3.63) is 109 Å². The summed E-state index contributed by atoms with van der Waals surface area (Å²) in [6.07, 6.45) is 0. The molecule has 6 aromatic rings. The van der Waals surface area contributed by atoms with Crippen LogP contribution in [0.4, 0.5) is 17.1 Å². The third-order valence-corrected chi connectivity index (χ3v) is 6.05. The minimum absolute atomic E-state index is 0.815. The van der Waals surface area contributed by atoms with Gasteiger partial charge in [-0.1, -0.05) is 66.7 Å². The molecule has 0 N–H and O–H groups in total. The van der Waals surface area contributed by atoms with Crippen molar-refractivity contribution in [1.82, 2.24) is 15.0 Å². The van der Waals surface area contributed by atoms with Gasteiger partial charge < -0.3 is 9.64 Å². The van der Waals surface area contributed by atoms with E-state index in [-0.39, 0.29) is 0 Å². The lowest BCUT2D eigenvalue weighted by Crippen LogP contribution is -2.18. The third kappa shape index (κ3) is 2.72. The number of aromatic nitrogens is 3. The van der Waals surface area contributed by atoms with Crippen LogP contribution >= 0.6 is 0 Å². The van der Waals surface area contributed by atoms with Crippen molar-refractivity contribution in [2.45, 2.75) is 0 Å². The highest BCUT2D eigenvalue weighted by Gasteiger charge is 2.27. The first-order valence-electron chi connectivity index (χ1n) is 10.9. The van der Waals surface area contributed by atoms with E-state index in [1.807, 2.05) is 66.7 Å². The number of rotatable bonds is 2. The van der Waals surface area contributed by atoms with Crippen molar-refractivity contribution >= 4 is 38.9 Å². The molecule has 0 unspecified atom stereocenters. The van der Waals surface area contributed by atoms with Gasteiger partial charge >= 0.3 is 0 Å². The van der Waals surface area contributed by atoms with E-state index in [4.69, 9.17) is 14.9 Å². The molecule has 156 valence electrons. The fourth-order valence-corrected chi connectivity index (χ4v) is 4.54. The van der Waals surface area contributed by atoms with Crippen LogP contribution in [0.1, 0.15) is 0 Å². The molecule has 5 nitrogen and oxygen atoms in total. The summed E-state index contributed by atoms with van der Waals surface area (Å²) in [5.41, 5.74) is 5.59. The average molecular weight is 426 g/mol. The molecule has 0 atom stereocenters. The first-order valence-corrected chi connectivity index (χ1v) is 10.9. The zero-order valence-electron chi connectivity index (χ0n) is 17.6. The highest BCUT2D eigenvalue weighted by atomic mass is 16.5. The standard InChI is InChI=1S/C28H18N4O/c1-2-10-20-19(9-1)17-18-21-28(20)30-32(29-21)23-12-4-3-11-22(23)31-24-13-5-7-15-26(24)33-27-16-8-6-14-25(27)31/h1-18H. The Balaban J connectivity index is 1.48. The number of nitrogens with zero attached hydrogens (tertiary/aromatic N) is 4. The number of benzene rings is 5. The highest BCUT2D eigenvalue weighted by Crippen LogP contribution is 2.51. The molecule has 0 radical (unpaired) electrons. The predicted octanol–water partition coefficient (Wildman–Crippen LogP) is 7.15. The van der Waals surface area contributed by atoms with Crippen molar-refractivity contribution < 1.29 is 4.74 Å². The van der Waals surface area contributed by atoms with Gasteiger partial charge in [0.25, 0.3) is 0 Å². The van der Waals surface area contributed by atoms with Gasteiger partial charge in [0.2, 0.25) is 0 Å². The second-order valence-corrected chi connectivity index (χ2v) is 8.01. The summed E-state index contributed by atoms with van der Waals surface area (Å²) >= 11 is 0. The van der Waals surface area contributed by atoms with Crippen molar-refractivity contribution in [3.8, 4) is 17.2 Å². The number of hydrogen-bond donors (Lipinski definition) is 0. The maximum atomic E-state index is 6.19. The van der Waals surface area contributed by atoms with Gasteiger partial charge in [-0.15, -0.1) is 15.0 Å². The van der Waals surface area contributed by atoms with Gasteiger partial charge in [-0.3, -0.25) is 0 Å². The second kappa shape index (κ2) is 6.93. The molecule has 0 spiro atoms. The maximum Gasteiger partial charge on any atom is 0.151 e. The Morgan fingerprint density at radius 3 is 1.88 bits per heavy atom. The minimum Gasteiger partial charge on any atom is -0.453 e. The second-order valence-electron chi connectivity index (χ2n) is 8.01. The number of fused-ring (bicyclic) bond motifs is 5. The van der Waals surface area contributed by atoms with Gasteiger partial charge in [-0.05, 0) is 47.9 Å². The number of anilines is 3. The molecule has 0 aliphatic carbocycles. The van der Waals surface area contributed by atoms with Gasteiger partial charge in [0.1, 0.15) is 16.7 Å². The van der Waals surface area contributed by atoms with E-state index in [1.54, 1.807) is 4.80 Å². The van der Waals surface area contributed by atoms with Gasteiger partial charge in [-0.2, -0.15) is 0 Å².